The third kappa shape index (κ3) is 6.91. The maximum absolute atomic E-state index is 3.39. The number of nitrogens with zero attached hydrogens (tertiary/aromatic N) is 3. The first-order valence-electron chi connectivity index (χ1n) is 8.86. The fourth-order valence-electron chi connectivity index (χ4n) is 3.55. The summed E-state index contributed by atoms with van der Waals surface area (Å²) in [4.78, 5) is 0. The molecule has 0 spiro atoms. The van der Waals surface area contributed by atoms with Crippen LogP contribution in [0.2, 0.25) is 0 Å². The Morgan fingerprint density at radius 3 is 2.00 bits per heavy atom. The molecule has 0 saturated heterocycles. The maximum atomic E-state index is 3.39. The van der Waals surface area contributed by atoms with Crippen molar-refractivity contribution in [2.24, 2.45) is 13.0 Å². The molecule has 23 heavy (non-hydrogen) atoms. The molecular formula is C17H29Br2N3Pt. The predicted octanol–water partition coefficient (Wildman–Crippen LogP) is 5.73. The first-order chi connectivity index (χ1) is 11.1. The molecule has 1 aromatic heterocycles. The van der Waals surface area contributed by atoms with E-state index in [1.54, 1.807) is 0 Å². The summed E-state index contributed by atoms with van der Waals surface area (Å²) < 4.78 is 7.90. The summed E-state index contributed by atoms with van der Waals surface area (Å²) in [5.41, 5.74) is 0. The minimum absolute atomic E-state index is 0.721. The van der Waals surface area contributed by atoms with Crippen LogP contribution in [0, 0.1) is 9.72 Å². The van der Waals surface area contributed by atoms with Crippen molar-refractivity contribution in [2.75, 3.05) is 0 Å². The van der Waals surface area contributed by atoms with Crippen molar-refractivity contribution in [1.29, 1.82) is 0 Å². The molecule has 0 bridgehead atoms. The Labute approximate surface area is 168 Å². The molecule has 0 amide bonds. The van der Waals surface area contributed by atoms with Crippen molar-refractivity contribution < 1.29 is 19.4 Å². The molecule has 2 aliphatic carbocycles. The summed E-state index contributed by atoms with van der Waals surface area (Å²) in [5.74, 6) is 0.921. The minimum atomic E-state index is 0.721. The van der Waals surface area contributed by atoms with Crippen LogP contribution >= 0.6 is 32.3 Å². The zero-order valence-electron chi connectivity index (χ0n) is 14.0. The van der Waals surface area contributed by atoms with E-state index >= 15 is 0 Å². The Morgan fingerprint density at radius 2 is 1.57 bits per heavy atom. The van der Waals surface area contributed by atoms with E-state index in [0.717, 1.165) is 12.0 Å². The van der Waals surface area contributed by atoms with Crippen LogP contribution in [0.4, 0.5) is 0 Å². The molecule has 0 atom stereocenters. The summed E-state index contributed by atoms with van der Waals surface area (Å²) in [6.45, 7) is 1.22. The van der Waals surface area contributed by atoms with Crippen molar-refractivity contribution in [2.45, 2.75) is 76.8 Å². The number of hydrogen-bond acceptors (Lipinski definition) is 1. The van der Waals surface area contributed by atoms with Crippen molar-refractivity contribution in [1.82, 2.24) is 12.1 Å². The van der Waals surface area contributed by atoms with Gasteiger partial charge in [-0.2, -0.15) is 2.95 Å². The molecule has 0 N–H and O–H groups in total. The van der Waals surface area contributed by atoms with Gasteiger partial charge in [-0.1, -0.05) is 19.3 Å². The summed E-state index contributed by atoms with van der Waals surface area (Å²) >= 11 is 9.18. The molecule has 136 valence electrons. The van der Waals surface area contributed by atoms with Crippen LogP contribution < -0.4 is 0 Å². The molecule has 2 fully saturated rings. The van der Waals surface area contributed by atoms with E-state index < -0.39 is 0 Å². The van der Waals surface area contributed by atoms with E-state index in [1.165, 1.54) is 74.6 Å². The third-order valence-corrected chi connectivity index (χ3v) is 7.60. The first kappa shape index (κ1) is 20.1. The van der Waals surface area contributed by atoms with E-state index in [-0.39, 0.29) is 0 Å². The number of aromatic nitrogens is 2. The van der Waals surface area contributed by atoms with Crippen LogP contribution in [0.3, 0.4) is 0 Å². The van der Waals surface area contributed by atoms with E-state index in [1.807, 2.05) is 2.95 Å². The van der Waals surface area contributed by atoms with Gasteiger partial charge in [0.25, 0.3) is 0 Å². The van der Waals surface area contributed by atoms with Crippen molar-refractivity contribution in [3.05, 3.63) is 16.2 Å². The number of hydrogen-bond donors (Lipinski definition) is 0. The average molecular weight is 630 g/mol. The van der Waals surface area contributed by atoms with Gasteiger partial charge in [-0.15, -0.1) is 0 Å². The second-order valence-corrected chi connectivity index (χ2v) is 10.4. The van der Waals surface area contributed by atoms with E-state index in [0.29, 0.717) is 0 Å². The molecule has 3 rings (SSSR count). The Bertz CT molecular complexity index is 500. The number of rotatable bonds is 3. The number of halogens is 2. The fraction of sp³-hybridized carbons (Fsp3) is 0.824. The summed E-state index contributed by atoms with van der Waals surface area (Å²) in [6, 6.07) is 0.721. The van der Waals surface area contributed by atoms with E-state index in [4.69, 9.17) is 0 Å². The molecule has 0 aliphatic heterocycles. The van der Waals surface area contributed by atoms with Gasteiger partial charge >= 0.3 is 96.3 Å². The average Bonchev–Trinajstić information content (AvgIpc) is 2.89. The van der Waals surface area contributed by atoms with Gasteiger partial charge in [-0.3, -0.25) is 0 Å². The van der Waals surface area contributed by atoms with Crippen molar-refractivity contribution in [3.8, 4) is 0 Å². The van der Waals surface area contributed by atoms with Gasteiger partial charge in [0.1, 0.15) is 0 Å². The normalized spacial score (nSPS) is 20.4. The van der Waals surface area contributed by atoms with Crippen LogP contribution in [0.15, 0.2) is 12.4 Å². The van der Waals surface area contributed by atoms with Crippen molar-refractivity contribution in [3.63, 3.8) is 0 Å². The van der Waals surface area contributed by atoms with Crippen LogP contribution in [0.1, 0.15) is 64.2 Å². The molecule has 0 radical (unpaired) electrons. The third-order valence-electron chi connectivity index (χ3n) is 4.99. The van der Waals surface area contributed by atoms with Gasteiger partial charge in [0, 0.05) is 38.3 Å². The van der Waals surface area contributed by atoms with Gasteiger partial charge in [-0.05, 0) is 12.8 Å². The van der Waals surface area contributed by atoms with Gasteiger partial charge in [-0.25, -0.2) is 0 Å². The predicted molar refractivity (Wildman–Crippen MR) is 99.8 cm³/mol. The molecule has 2 aliphatic rings. The van der Waals surface area contributed by atoms with Crippen LogP contribution in [-0.2, 0) is 32.9 Å². The van der Waals surface area contributed by atoms with Gasteiger partial charge in [0.05, 0.1) is 0 Å². The Morgan fingerprint density at radius 1 is 1.00 bits per heavy atom. The van der Waals surface area contributed by atoms with Gasteiger partial charge in [0.15, 0.2) is 0 Å². The summed E-state index contributed by atoms with van der Waals surface area (Å²) in [7, 11) is 2.11. The van der Waals surface area contributed by atoms with E-state index in [2.05, 4.69) is 80.2 Å². The van der Waals surface area contributed by atoms with Crippen LogP contribution in [0.25, 0.3) is 0 Å². The second-order valence-electron chi connectivity index (χ2n) is 6.86. The van der Waals surface area contributed by atoms with Crippen LogP contribution in [0.5, 0.6) is 0 Å². The van der Waals surface area contributed by atoms with E-state index in [9.17, 15) is 0 Å². The molecule has 2 saturated carbocycles. The molecule has 0 aromatic carbocycles. The zero-order valence-corrected chi connectivity index (χ0v) is 19.4. The molecular weight excluding hydrogens is 601 g/mol. The zero-order chi connectivity index (χ0) is 16.7. The molecule has 6 heteroatoms. The molecule has 3 nitrogen and oxygen atoms in total. The summed E-state index contributed by atoms with van der Waals surface area (Å²) in [6.07, 6.45) is 18.4. The Balaban J connectivity index is 0.000000185. The SMILES string of the molecule is BrN(Br)C1CCCCC1.Cn1ccn(CC2CCCCC2)[c]1=[Pt]. The monoisotopic (exact) mass is 628 g/mol. The van der Waals surface area contributed by atoms with Gasteiger partial charge in [0.2, 0.25) is 0 Å². The quantitative estimate of drug-likeness (QED) is 0.390. The fourth-order valence-corrected chi connectivity index (χ4v) is 4.92. The Hall–Kier alpha value is 0.818. The molecule has 1 aromatic rings. The first-order valence-corrected chi connectivity index (χ1v) is 11.4. The Kier molecular flexibility index (Phi) is 9.39. The molecule has 0 unspecified atom stereocenters. The topological polar surface area (TPSA) is 13.1 Å². The molecule has 1 heterocycles. The standard InChI is InChI=1S/C11H18N2.C6H11Br2N.Pt/c1-12-7-8-13(10-12)9-11-5-3-2-4-6-11;7-9(8)6-4-2-1-3-5-6;/h7-8,11H,2-6,9H2,1H3;6H,1-5H2;. The van der Waals surface area contributed by atoms with Crippen LogP contribution in [-0.4, -0.2) is 18.1 Å². The second kappa shape index (κ2) is 10.7. The number of aryl methyl sites for hydroxylation is 1. The number of imidazole rings is 1. The van der Waals surface area contributed by atoms with Crippen molar-refractivity contribution >= 4 is 32.3 Å². The summed E-state index contributed by atoms with van der Waals surface area (Å²) in [5, 5.41) is 0. The van der Waals surface area contributed by atoms with Gasteiger partial charge < -0.3 is 0 Å².